The minimum absolute atomic E-state index is 0.0967. The monoisotopic (exact) mass is 238 g/mol. The van der Waals surface area contributed by atoms with Gasteiger partial charge >= 0.3 is 0 Å². The predicted molar refractivity (Wildman–Crippen MR) is 69.8 cm³/mol. The van der Waals surface area contributed by atoms with Gasteiger partial charge in [0.15, 0.2) is 0 Å². The van der Waals surface area contributed by atoms with Crippen LogP contribution in [-0.2, 0) is 4.79 Å². The van der Waals surface area contributed by atoms with Gasteiger partial charge in [-0.15, -0.1) is 0 Å². The molecule has 3 heteroatoms. The Kier molecular flexibility index (Phi) is 4.43. The third kappa shape index (κ3) is 2.65. The van der Waals surface area contributed by atoms with Crippen LogP contribution >= 0.6 is 0 Å². The molecule has 1 heterocycles. The third-order valence-corrected chi connectivity index (χ3v) is 4.48. The number of nitrogens with one attached hydrogen (secondary N) is 1. The SMILES string of the molecule is CCNC1CCN(C2CCCCC2CC)C1=O. The summed E-state index contributed by atoms with van der Waals surface area (Å²) in [6.45, 7) is 6.21. The van der Waals surface area contributed by atoms with Gasteiger partial charge in [0.2, 0.25) is 5.91 Å². The molecule has 98 valence electrons. The number of nitrogens with zero attached hydrogens (tertiary/aromatic N) is 1. The van der Waals surface area contributed by atoms with E-state index in [1.54, 1.807) is 0 Å². The first-order chi connectivity index (χ1) is 8.27. The van der Waals surface area contributed by atoms with E-state index >= 15 is 0 Å². The van der Waals surface area contributed by atoms with Gasteiger partial charge in [-0.3, -0.25) is 4.79 Å². The van der Waals surface area contributed by atoms with E-state index in [2.05, 4.69) is 24.1 Å². The molecular formula is C14H26N2O. The van der Waals surface area contributed by atoms with E-state index in [0.717, 1.165) is 25.4 Å². The lowest BCUT2D eigenvalue weighted by molar-refractivity contribution is -0.133. The van der Waals surface area contributed by atoms with Gasteiger partial charge in [-0.2, -0.15) is 0 Å². The van der Waals surface area contributed by atoms with Crippen molar-refractivity contribution in [1.82, 2.24) is 10.2 Å². The number of carbonyl (C=O) groups is 1. The lowest BCUT2D eigenvalue weighted by atomic mass is 9.82. The first-order valence-corrected chi connectivity index (χ1v) is 7.31. The Labute approximate surface area is 105 Å². The summed E-state index contributed by atoms with van der Waals surface area (Å²) in [5.74, 6) is 1.10. The molecule has 0 radical (unpaired) electrons. The summed E-state index contributed by atoms with van der Waals surface area (Å²) >= 11 is 0. The fourth-order valence-corrected chi connectivity index (χ4v) is 3.54. The molecule has 3 atom stereocenters. The molecule has 3 nitrogen and oxygen atoms in total. The summed E-state index contributed by atoms with van der Waals surface area (Å²) in [6.07, 6.45) is 7.42. The maximum absolute atomic E-state index is 12.3. The van der Waals surface area contributed by atoms with Crippen LogP contribution in [0.25, 0.3) is 0 Å². The van der Waals surface area contributed by atoms with Crippen molar-refractivity contribution in [2.24, 2.45) is 5.92 Å². The molecule has 0 aromatic heterocycles. The van der Waals surface area contributed by atoms with Crippen LogP contribution in [0.4, 0.5) is 0 Å². The summed E-state index contributed by atoms with van der Waals surface area (Å²) in [5.41, 5.74) is 0. The fraction of sp³-hybridized carbons (Fsp3) is 0.929. The number of hydrogen-bond donors (Lipinski definition) is 1. The van der Waals surface area contributed by atoms with E-state index in [1.165, 1.54) is 32.1 Å². The molecule has 2 fully saturated rings. The average Bonchev–Trinajstić information content (AvgIpc) is 2.72. The quantitative estimate of drug-likeness (QED) is 0.814. The molecule has 1 N–H and O–H groups in total. The molecule has 3 unspecified atom stereocenters. The zero-order valence-corrected chi connectivity index (χ0v) is 11.2. The Bertz CT molecular complexity index is 267. The molecule has 1 aliphatic heterocycles. The van der Waals surface area contributed by atoms with Gasteiger partial charge in [-0.05, 0) is 31.7 Å². The highest BCUT2D eigenvalue weighted by Gasteiger charge is 2.38. The summed E-state index contributed by atoms with van der Waals surface area (Å²) in [7, 11) is 0. The standard InChI is InChI=1S/C14H26N2O/c1-3-11-7-5-6-8-13(11)16-10-9-12(14(16)17)15-4-2/h11-13,15H,3-10H2,1-2H3. The van der Waals surface area contributed by atoms with Crippen LogP contribution in [0.15, 0.2) is 0 Å². The molecule has 1 saturated heterocycles. The number of likely N-dealkylation sites (tertiary alicyclic amines) is 1. The van der Waals surface area contributed by atoms with Crippen molar-refractivity contribution in [3.05, 3.63) is 0 Å². The molecule has 2 aliphatic rings. The van der Waals surface area contributed by atoms with Crippen molar-refractivity contribution in [3.63, 3.8) is 0 Å². The zero-order chi connectivity index (χ0) is 12.3. The molecule has 0 bridgehead atoms. The summed E-state index contributed by atoms with van der Waals surface area (Å²) in [6, 6.07) is 0.629. The van der Waals surface area contributed by atoms with E-state index in [1.807, 2.05) is 0 Å². The van der Waals surface area contributed by atoms with Crippen molar-refractivity contribution >= 4 is 5.91 Å². The highest BCUT2D eigenvalue weighted by Crippen LogP contribution is 2.32. The van der Waals surface area contributed by atoms with E-state index < -0.39 is 0 Å². The number of hydrogen-bond acceptors (Lipinski definition) is 2. The van der Waals surface area contributed by atoms with Crippen LogP contribution in [-0.4, -0.2) is 36.0 Å². The van der Waals surface area contributed by atoms with E-state index in [-0.39, 0.29) is 6.04 Å². The lowest BCUT2D eigenvalue weighted by Gasteiger charge is -2.37. The normalized spacial score (nSPS) is 34.4. The Morgan fingerprint density at radius 3 is 2.71 bits per heavy atom. The molecule has 0 aromatic carbocycles. The smallest absolute Gasteiger partial charge is 0.240 e. The second kappa shape index (κ2) is 5.85. The molecule has 2 rings (SSSR count). The van der Waals surface area contributed by atoms with Crippen molar-refractivity contribution in [2.45, 2.75) is 64.5 Å². The first kappa shape index (κ1) is 12.9. The highest BCUT2D eigenvalue weighted by molar-refractivity contribution is 5.84. The minimum atomic E-state index is 0.0967. The Balaban J connectivity index is 1.99. The van der Waals surface area contributed by atoms with Crippen molar-refractivity contribution in [1.29, 1.82) is 0 Å². The zero-order valence-electron chi connectivity index (χ0n) is 11.2. The van der Waals surface area contributed by atoms with Crippen LogP contribution in [0.1, 0.15) is 52.4 Å². The van der Waals surface area contributed by atoms with Gasteiger partial charge in [0.1, 0.15) is 0 Å². The van der Waals surface area contributed by atoms with Crippen molar-refractivity contribution < 1.29 is 4.79 Å². The molecule has 1 amide bonds. The van der Waals surface area contributed by atoms with Gasteiger partial charge < -0.3 is 10.2 Å². The maximum atomic E-state index is 12.3. The maximum Gasteiger partial charge on any atom is 0.240 e. The number of likely N-dealkylation sites (N-methyl/N-ethyl adjacent to an activating group) is 1. The molecular weight excluding hydrogens is 212 g/mol. The predicted octanol–water partition coefficient (Wildman–Crippen LogP) is 2.17. The average molecular weight is 238 g/mol. The second-order valence-electron chi connectivity index (χ2n) is 5.45. The van der Waals surface area contributed by atoms with E-state index in [4.69, 9.17) is 0 Å². The molecule has 1 saturated carbocycles. The van der Waals surface area contributed by atoms with Crippen LogP contribution in [0.3, 0.4) is 0 Å². The summed E-state index contributed by atoms with van der Waals surface area (Å²) < 4.78 is 0. The van der Waals surface area contributed by atoms with E-state index in [9.17, 15) is 4.79 Å². The largest absolute Gasteiger partial charge is 0.338 e. The topological polar surface area (TPSA) is 32.3 Å². The van der Waals surface area contributed by atoms with Crippen molar-refractivity contribution in [2.75, 3.05) is 13.1 Å². The van der Waals surface area contributed by atoms with Gasteiger partial charge in [0.05, 0.1) is 6.04 Å². The highest BCUT2D eigenvalue weighted by atomic mass is 16.2. The summed E-state index contributed by atoms with van der Waals surface area (Å²) in [5, 5.41) is 3.30. The van der Waals surface area contributed by atoms with Gasteiger partial charge in [0.25, 0.3) is 0 Å². The fourth-order valence-electron chi connectivity index (χ4n) is 3.54. The minimum Gasteiger partial charge on any atom is -0.338 e. The lowest BCUT2D eigenvalue weighted by Crippen LogP contribution is -2.46. The summed E-state index contributed by atoms with van der Waals surface area (Å²) in [4.78, 5) is 14.5. The number of carbonyl (C=O) groups excluding carboxylic acids is 1. The van der Waals surface area contributed by atoms with Gasteiger partial charge in [-0.1, -0.05) is 33.1 Å². The Morgan fingerprint density at radius 2 is 2.00 bits per heavy atom. The van der Waals surface area contributed by atoms with E-state index in [0.29, 0.717) is 11.9 Å². The van der Waals surface area contributed by atoms with Gasteiger partial charge in [-0.25, -0.2) is 0 Å². The Morgan fingerprint density at radius 1 is 1.24 bits per heavy atom. The second-order valence-corrected chi connectivity index (χ2v) is 5.45. The molecule has 0 aromatic rings. The van der Waals surface area contributed by atoms with Crippen LogP contribution in [0, 0.1) is 5.92 Å². The van der Waals surface area contributed by atoms with Crippen LogP contribution in [0.2, 0.25) is 0 Å². The third-order valence-electron chi connectivity index (χ3n) is 4.48. The first-order valence-electron chi connectivity index (χ1n) is 7.31. The molecule has 17 heavy (non-hydrogen) atoms. The molecule has 0 spiro atoms. The number of amides is 1. The Hall–Kier alpha value is -0.570. The molecule has 1 aliphatic carbocycles. The van der Waals surface area contributed by atoms with Crippen molar-refractivity contribution in [3.8, 4) is 0 Å². The number of rotatable bonds is 4. The van der Waals surface area contributed by atoms with Gasteiger partial charge in [0, 0.05) is 12.6 Å². The van der Waals surface area contributed by atoms with Crippen LogP contribution < -0.4 is 5.32 Å². The van der Waals surface area contributed by atoms with Crippen LogP contribution in [0.5, 0.6) is 0 Å².